The molecule has 1 unspecified atom stereocenters. The van der Waals surface area contributed by atoms with E-state index in [-0.39, 0.29) is 53.9 Å². The zero-order valence-electron chi connectivity index (χ0n) is 35.4. The zero-order valence-corrected chi connectivity index (χ0v) is 35.4. The minimum atomic E-state index is -1.02. The number of hydrogen-bond acceptors (Lipinski definition) is 9. The molecule has 0 saturated carbocycles. The standard InChI is InChI=1S/C47H56FN7O6/c1-30-5-4-6-39(48)37(30)27-51-28-38(41(29-51)50(2)3)33-9-11-34(12-10-33)52-21-23-54(24-22-52)44(58)26-32-17-19-53(20-18-32)43(57)16-8-31-7-13-35-36(25-31)47(61)55(46(35)60)40-14-15-42(56)49-45(40)59/h4-7,9-13,25,32,38,40-41H,8,14-24,26-29H2,1-3H3,(H,49,56,59)/t38-,40?,41+/m1/s1. The van der Waals surface area contributed by atoms with Gasteiger partial charge in [-0.2, -0.15) is 0 Å². The maximum Gasteiger partial charge on any atom is 0.262 e. The molecule has 5 aliphatic heterocycles. The van der Waals surface area contributed by atoms with Gasteiger partial charge in [0.2, 0.25) is 23.6 Å². The molecule has 4 saturated heterocycles. The van der Waals surface area contributed by atoms with Crippen LogP contribution in [0.2, 0.25) is 0 Å². The number of imide groups is 2. The number of rotatable bonds is 11. The molecule has 5 aliphatic rings. The average Bonchev–Trinajstić information content (AvgIpc) is 3.79. The van der Waals surface area contributed by atoms with Crippen molar-refractivity contribution in [3.8, 4) is 0 Å². The number of piperidine rings is 2. The van der Waals surface area contributed by atoms with Crippen LogP contribution in [-0.4, -0.2) is 138 Å². The van der Waals surface area contributed by atoms with E-state index in [1.54, 1.807) is 30.3 Å². The van der Waals surface area contributed by atoms with Gasteiger partial charge in [0, 0.05) is 101 Å². The molecule has 0 radical (unpaired) electrons. The lowest BCUT2D eigenvalue weighted by Gasteiger charge is -2.38. The minimum Gasteiger partial charge on any atom is -0.368 e. The second kappa shape index (κ2) is 17.9. The molecular weight excluding hydrogens is 778 g/mol. The molecule has 0 bridgehead atoms. The van der Waals surface area contributed by atoms with Crippen LogP contribution in [0.15, 0.2) is 60.7 Å². The van der Waals surface area contributed by atoms with Gasteiger partial charge in [-0.15, -0.1) is 0 Å². The van der Waals surface area contributed by atoms with E-state index in [0.29, 0.717) is 57.5 Å². The quantitative estimate of drug-likeness (QED) is 0.285. The fourth-order valence-corrected chi connectivity index (χ4v) is 9.93. The van der Waals surface area contributed by atoms with Crippen molar-refractivity contribution in [3.63, 3.8) is 0 Å². The highest BCUT2D eigenvalue weighted by Gasteiger charge is 2.45. The number of carbonyl (C=O) groups excluding carboxylic acids is 6. The van der Waals surface area contributed by atoms with E-state index in [1.807, 2.05) is 22.8 Å². The molecule has 3 aromatic rings. The summed E-state index contributed by atoms with van der Waals surface area (Å²) in [6.07, 6.45) is 2.82. The summed E-state index contributed by atoms with van der Waals surface area (Å²) in [7, 11) is 4.24. The number of halogens is 1. The Labute approximate surface area is 356 Å². The van der Waals surface area contributed by atoms with Gasteiger partial charge >= 0.3 is 0 Å². The van der Waals surface area contributed by atoms with Crippen molar-refractivity contribution < 1.29 is 33.2 Å². The van der Waals surface area contributed by atoms with Gasteiger partial charge in [0.1, 0.15) is 11.9 Å². The average molecular weight is 834 g/mol. The largest absolute Gasteiger partial charge is 0.368 e. The van der Waals surface area contributed by atoms with Crippen LogP contribution in [0.1, 0.15) is 87.4 Å². The van der Waals surface area contributed by atoms with Crippen LogP contribution >= 0.6 is 0 Å². The fourth-order valence-electron chi connectivity index (χ4n) is 9.93. The highest BCUT2D eigenvalue weighted by molar-refractivity contribution is 6.23. The SMILES string of the molecule is Cc1cccc(F)c1CN1C[C@H](c2ccc(N3CCN(C(=O)CC4CCN(C(=O)CCc5ccc6c(c5)C(=O)N(C5CCC(=O)NC5=O)C6=O)CC4)CC3)cc2)[C@@H](N(C)C)C1. The number of carbonyl (C=O) groups is 6. The second-order valence-corrected chi connectivity index (χ2v) is 17.7. The molecule has 13 nitrogen and oxygen atoms in total. The van der Waals surface area contributed by atoms with Crippen molar-refractivity contribution in [1.82, 2.24) is 29.8 Å². The number of nitrogens with zero attached hydrogens (tertiary/aromatic N) is 6. The normalized spacial score (nSPS) is 22.7. The molecule has 61 heavy (non-hydrogen) atoms. The molecule has 0 aromatic heterocycles. The number of likely N-dealkylation sites (N-methyl/N-ethyl adjacent to an activating group) is 1. The third kappa shape index (κ3) is 8.97. The third-order valence-electron chi connectivity index (χ3n) is 13.6. The number of anilines is 1. The molecule has 3 atom stereocenters. The first-order valence-corrected chi connectivity index (χ1v) is 21.7. The molecule has 0 aliphatic carbocycles. The molecule has 3 aromatic carbocycles. The van der Waals surface area contributed by atoms with Crippen molar-refractivity contribution in [2.75, 3.05) is 71.4 Å². The Morgan fingerprint density at radius 3 is 2.20 bits per heavy atom. The van der Waals surface area contributed by atoms with E-state index in [4.69, 9.17) is 0 Å². The highest BCUT2D eigenvalue weighted by atomic mass is 19.1. The molecule has 0 spiro atoms. The Bertz CT molecular complexity index is 2180. The summed E-state index contributed by atoms with van der Waals surface area (Å²) in [6.45, 7) is 8.40. The number of benzene rings is 3. The number of nitrogens with one attached hydrogen (secondary N) is 1. The van der Waals surface area contributed by atoms with Crippen LogP contribution in [-0.2, 0) is 32.1 Å². The topological polar surface area (TPSA) is 134 Å². The van der Waals surface area contributed by atoms with Gasteiger partial charge in [0.25, 0.3) is 11.8 Å². The van der Waals surface area contributed by atoms with Gasteiger partial charge < -0.3 is 19.6 Å². The number of amides is 6. The summed E-state index contributed by atoms with van der Waals surface area (Å²) < 4.78 is 14.7. The summed E-state index contributed by atoms with van der Waals surface area (Å²) in [6, 6.07) is 18.4. The van der Waals surface area contributed by atoms with Crippen molar-refractivity contribution in [2.45, 2.75) is 76.4 Å². The zero-order chi connectivity index (χ0) is 42.9. The van der Waals surface area contributed by atoms with Crippen LogP contribution in [0, 0.1) is 18.7 Å². The van der Waals surface area contributed by atoms with Crippen molar-refractivity contribution in [3.05, 3.63) is 99.9 Å². The maximum atomic E-state index is 14.7. The van der Waals surface area contributed by atoms with Gasteiger partial charge in [0.15, 0.2) is 0 Å². The molecule has 4 fully saturated rings. The van der Waals surface area contributed by atoms with Gasteiger partial charge in [-0.25, -0.2) is 4.39 Å². The van der Waals surface area contributed by atoms with Crippen LogP contribution in [0.25, 0.3) is 0 Å². The van der Waals surface area contributed by atoms with E-state index < -0.39 is 29.7 Å². The summed E-state index contributed by atoms with van der Waals surface area (Å²) in [5.74, 6) is -1.60. The summed E-state index contributed by atoms with van der Waals surface area (Å²) in [4.78, 5) is 88.6. The first-order valence-electron chi connectivity index (χ1n) is 21.7. The molecule has 5 heterocycles. The van der Waals surface area contributed by atoms with Crippen LogP contribution in [0.3, 0.4) is 0 Å². The van der Waals surface area contributed by atoms with Crippen molar-refractivity contribution >= 4 is 41.1 Å². The first-order chi connectivity index (χ1) is 29.3. The van der Waals surface area contributed by atoms with E-state index in [2.05, 4.69) is 58.4 Å². The lowest BCUT2D eigenvalue weighted by Crippen LogP contribution is -2.54. The highest BCUT2D eigenvalue weighted by Crippen LogP contribution is 2.34. The van der Waals surface area contributed by atoms with Crippen LogP contribution in [0.5, 0.6) is 0 Å². The lowest BCUT2D eigenvalue weighted by atomic mass is 9.92. The van der Waals surface area contributed by atoms with Crippen molar-refractivity contribution in [1.29, 1.82) is 0 Å². The monoisotopic (exact) mass is 833 g/mol. The Morgan fingerprint density at radius 1 is 0.803 bits per heavy atom. The predicted molar refractivity (Wildman–Crippen MR) is 227 cm³/mol. The van der Waals surface area contributed by atoms with Crippen LogP contribution < -0.4 is 10.2 Å². The minimum absolute atomic E-state index is 0.0135. The number of aryl methyl sites for hydroxylation is 2. The number of fused-ring (bicyclic) bond motifs is 1. The predicted octanol–water partition coefficient (Wildman–Crippen LogP) is 3.98. The third-order valence-corrected chi connectivity index (χ3v) is 13.6. The Morgan fingerprint density at radius 2 is 1.51 bits per heavy atom. The summed E-state index contributed by atoms with van der Waals surface area (Å²) in [5, 5.41) is 2.21. The van der Waals surface area contributed by atoms with E-state index in [0.717, 1.165) is 66.3 Å². The molecule has 322 valence electrons. The number of hydrogen-bond donors (Lipinski definition) is 1. The first kappa shape index (κ1) is 42.2. The lowest BCUT2D eigenvalue weighted by molar-refractivity contribution is -0.137. The van der Waals surface area contributed by atoms with Crippen LogP contribution in [0.4, 0.5) is 10.1 Å². The smallest absolute Gasteiger partial charge is 0.262 e. The maximum absolute atomic E-state index is 14.7. The summed E-state index contributed by atoms with van der Waals surface area (Å²) in [5.41, 5.74) is 5.38. The molecule has 1 N–H and O–H groups in total. The fraction of sp³-hybridized carbons (Fsp3) is 0.489. The Balaban J connectivity index is 0.763. The van der Waals surface area contributed by atoms with Gasteiger partial charge in [0.05, 0.1) is 11.1 Å². The van der Waals surface area contributed by atoms with Crippen molar-refractivity contribution in [2.24, 2.45) is 5.92 Å². The second-order valence-electron chi connectivity index (χ2n) is 17.7. The Kier molecular flexibility index (Phi) is 12.4. The number of likely N-dealkylation sites (tertiary alicyclic amines) is 2. The van der Waals surface area contributed by atoms with E-state index in [9.17, 15) is 33.2 Å². The van der Waals surface area contributed by atoms with Gasteiger partial charge in [-0.3, -0.25) is 43.9 Å². The van der Waals surface area contributed by atoms with E-state index >= 15 is 0 Å². The molecule has 6 amide bonds. The molecule has 8 rings (SSSR count). The molecule has 14 heteroatoms. The number of piperazine rings is 1. The Hall–Kier alpha value is -5.47. The van der Waals surface area contributed by atoms with Gasteiger partial charge in [-0.1, -0.05) is 30.3 Å². The van der Waals surface area contributed by atoms with E-state index in [1.165, 1.54) is 5.56 Å². The van der Waals surface area contributed by atoms with Gasteiger partial charge in [-0.05, 0) is 99.6 Å². The molecular formula is C47H56FN7O6. The summed E-state index contributed by atoms with van der Waals surface area (Å²) >= 11 is 0.